The van der Waals surface area contributed by atoms with Crippen LogP contribution in [-0.4, -0.2) is 50.9 Å². The third-order valence-corrected chi connectivity index (χ3v) is 3.21. The van der Waals surface area contributed by atoms with E-state index in [0.29, 0.717) is 36.2 Å². The highest BCUT2D eigenvalue weighted by molar-refractivity contribution is 6.31. The van der Waals surface area contributed by atoms with Crippen LogP contribution in [0.15, 0.2) is 18.2 Å². The average Bonchev–Trinajstić information content (AvgIpc) is 2.46. The van der Waals surface area contributed by atoms with Crippen LogP contribution in [0, 0.1) is 0 Å². The normalized spacial score (nSPS) is 16.1. The zero-order valence-electron chi connectivity index (χ0n) is 10.8. The first-order chi connectivity index (χ1) is 9.20. The molecule has 6 heteroatoms. The third kappa shape index (κ3) is 3.83. The molecule has 19 heavy (non-hydrogen) atoms. The molecule has 1 N–H and O–H groups in total. The molecule has 0 unspecified atom stereocenters. The van der Waals surface area contributed by atoms with Crippen molar-refractivity contribution in [2.75, 3.05) is 40.1 Å². The maximum absolute atomic E-state index is 12.1. The lowest BCUT2D eigenvalue weighted by atomic mass is 10.2. The summed E-state index contributed by atoms with van der Waals surface area (Å²) < 4.78 is 10.4. The first-order valence-corrected chi connectivity index (χ1v) is 6.50. The van der Waals surface area contributed by atoms with Crippen molar-refractivity contribution in [3.05, 3.63) is 28.8 Å². The smallest absolute Gasteiger partial charge is 0.256 e. The van der Waals surface area contributed by atoms with Crippen LogP contribution in [0.5, 0.6) is 5.75 Å². The first kappa shape index (κ1) is 14.1. The molecule has 1 aliphatic heterocycles. The maximum atomic E-state index is 12.1. The Morgan fingerprint density at radius 2 is 2.21 bits per heavy atom. The number of hydrogen-bond acceptors (Lipinski definition) is 4. The molecule has 5 nitrogen and oxygen atoms in total. The van der Waals surface area contributed by atoms with Crippen molar-refractivity contribution >= 4 is 17.5 Å². The van der Waals surface area contributed by atoms with Gasteiger partial charge in [0.05, 0.1) is 32.6 Å². The van der Waals surface area contributed by atoms with E-state index < -0.39 is 0 Å². The Morgan fingerprint density at radius 1 is 1.47 bits per heavy atom. The largest absolute Gasteiger partial charge is 0.496 e. The molecule has 0 bridgehead atoms. The van der Waals surface area contributed by atoms with Gasteiger partial charge < -0.3 is 14.8 Å². The van der Waals surface area contributed by atoms with Gasteiger partial charge in [0.25, 0.3) is 5.91 Å². The molecule has 1 aromatic rings. The van der Waals surface area contributed by atoms with E-state index in [9.17, 15) is 4.79 Å². The fraction of sp³-hybridized carbons (Fsp3) is 0.462. The Balaban J connectivity index is 1.97. The summed E-state index contributed by atoms with van der Waals surface area (Å²) in [5, 5.41) is 3.37. The second-order valence-electron chi connectivity index (χ2n) is 4.24. The van der Waals surface area contributed by atoms with E-state index in [1.165, 1.54) is 7.11 Å². The second-order valence-corrected chi connectivity index (χ2v) is 4.68. The van der Waals surface area contributed by atoms with Crippen LogP contribution in [0.1, 0.15) is 10.4 Å². The number of benzene rings is 1. The molecule has 2 rings (SSSR count). The average molecular weight is 285 g/mol. The van der Waals surface area contributed by atoms with E-state index in [1.54, 1.807) is 18.2 Å². The van der Waals surface area contributed by atoms with Gasteiger partial charge in [-0.05, 0) is 18.2 Å². The molecule has 0 spiro atoms. The quantitative estimate of drug-likeness (QED) is 0.907. The molecular formula is C13H17ClN2O3. The van der Waals surface area contributed by atoms with Crippen LogP contribution in [0.25, 0.3) is 0 Å². The van der Waals surface area contributed by atoms with E-state index in [0.717, 1.165) is 13.1 Å². The van der Waals surface area contributed by atoms with Crippen LogP contribution in [0.4, 0.5) is 0 Å². The van der Waals surface area contributed by atoms with E-state index in [-0.39, 0.29) is 5.91 Å². The molecule has 1 aromatic carbocycles. The summed E-state index contributed by atoms with van der Waals surface area (Å²) in [6.07, 6.45) is 0. The third-order valence-electron chi connectivity index (χ3n) is 2.97. The minimum absolute atomic E-state index is 0.189. The topological polar surface area (TPSA) is 50.8 Å². The number of carbonyl (C=O) groups is 1. The summed E-state index contributed by atoms with van der Waals surface area (Å²) in [6.45, 7) is 3.56. The van der Waals surface area contributed by atoms with Crippen molar-refractivity contribution in [3.63, 3.8) is 0 Å². The monoisotopic (exact) mass is 284 g/mol. The van der Waals surface area contributed by atoms with Crippen molar-refractivity contribution in [3.8, 4) is 5.75 Å². The summed E-state index contributed by atoms with van der Waals surface area (Å²) in [4.78, 5) is 14.2. The van der Waals surface area contributed by atoms with E-state index >= 15 is 0 Å². The number of nitrogens with one attached hydrogen (secondary N) is 1. The highest BCUT2D eigenvalue weighted by Crippen LogP contribution is 2.22. The van der Waals surface area contributed by atoms with Gasteiger partial charge in [0.2, 0.25) is 0 Å². The number of methoxy groups -OCH3 is 1. The Kier molecular flexibility index (Phi) is 5.01. The van der Waals surface area contributed by atoms with Crippen molar-refractivity contribution in [2.45, 2.75) is 0 Å². The number of nitrogens with zero attached hydrogens (tertiary/aromatic N) is 1. The van der Waals surface area contributed by atoms with Gasteiger partial charge in [0.15, 0.2) is 0 Å². The molecule has 0 aliphatic carbocycles. The van der Waals surface area contributed by atoms with Crippen LogP contribution in [-0.2, 0) is 4.74 Å². The van der Waals surface area contributed by atoms with Crippen LogP contribution < -0.4 is 10.1 Å². The zero-order chi connectivity index (χ0) is 13.7. The molecule has 0 atom stereocenters. The molecule has 1 amide bonds. The van der Waals surface area contributed by atoms with Gasteiger partial charge in [-0.25, -0.2) is 0 Å². The van der Waals surface area contributed by atoms with Gasteiger partial charge in [0, 0.05) is 18.1 Å². The summed E-state index contributed by atoms with van der Waals surface area (Å²) in [5.41, 5.74) is 0.447. The summed E-state index contributed by atoms with van der Waals surface area (Å²) >= 11 is 5.90. The van der Waals surface area contributed by atoms with Gasteiger partial charge in [-0.2, -0.15) is 0 Å². The van der Waals surface area contributed by atoms with E-state index in [2.05, 4.69) is 10.2 Å². The van der Waals surface area contributed by atoms with Gasteiger partial charge in [-0.3, -0.25) is 9.69 Å². The predicted octanol–water partition coefficient (Wildman–Crippen LogP) is 1.37. The lowest BCUT2D eigenvalue weighted by Gasteiger charge is -2.26. The van der Waals surface area contributed by atoms with Gasteiger partial charge in [0.1, 0.15) is 5.75 Å². The van der Waals surface area contributed by atoms with Gasteiger partial charge >= 0.3 is 0 Å². The summed E-state index contributed by atoms with van der Waals surface area (Å²) in [5.74, 6) is 0.328. The number of hydrogen-bond donors (Lipinski definition) is 1. The Bertz CT molecular complexity index is 448. The number of carbonyl (C=O) groups excluding carboxylic acids is 1. The van der Waals surface area contributed by atoms with Gasteiger partial charge in [-0.1, -0.05) is 11.6 Å². The molecular weight excluding hydrogens is 268 g/mol. The van der Waals surface area contributed by atoms with Crippen LogP contribution in [0.3, 0.4) is 0 Å². The van der Waals surface area contributed by atoms with Crippen LogP contribution >= 0.6 is 11.6 Å². The molecule has 1 heterocycles. The molecule has 1 saturated heterocycles. The zero-order valence-corrected chi connectivity index (χ0v) is 11.6. The number of ether oxygens (including phenoxy) is 2. The number of amides is 1. The van der Waals surface area contributed by atoms with E-state index in [4.69, 9.17) is 21.1 Å². The van der Waals surface area contributed by atoms with E-state index in [1.807, 2.05) is 0 Å². The Labute approximate surface area is 117 Å². The van der Waals surface area contributed by atoms with Crippen molar-refractivity contribution in [1.82, 2.24) is 10.2 Å². The molecule has 0 aromatic heterocycles. The molecule has 1 fully saturated rings. The highest BCUT2D eigenvalue weighted by Gasteiger charge is 2.15. The van der Waals surface area contributed by atoms with Crippen molar-refractivity contribution in [2.24, 2.45) is 0 Å². The standard InChI is InChI=1S/C13H17ClN2O3/c1-18-12-3-2-10(14)8-11(12)13(17)15-9-16-4-6-19-7-5-16/h2-3,8H,4-7,9H2,1H3,(H,15,17). The number of rotatable bonds is 4. The summed E-state index contributed by atoms with van der Waals surface area (Å²) in [6, 6.07) is 4.99. The molecule has 0 saturated carbocycles. The highest BCUT2D eigenvalue weighted by atomic mass is 35.5. The predicted molar refractivity (Wildman–Crippen MR) is 72.7 cm³/mol. The fourth-order valence-corrected chi connectivity index (χ4v) is 2.07. The van der Waals surface area contributed by atoms with Crippen LogP contribution in [0.2, 0.25) is 5.02 Å². The molecule has 1 aliphatic rings. The Morgan fingerprint density at radius 3 is 2.89 bits per heavy atom. The van der Waals surface area contributed by atoms with Crippen molar-refractivity contribution in [1.29, 1.82) is 0 Å². The van der Waals surface area contributed by atoms with Crippen molar-refractivity contribution < 1.29 is 14.3 Å². The lowest BCUT2D eigenvalue weighted by molar-refractivity contribution is 0.0334. The molecule has 0 radical (unpaired) electrons. The number of halogens is 1. The maximum Gasteiger partial charge on any atom is 0.256 e. The number of morpholine rings is 1. The Hall–Kier alpha value is -1.30. The fourth-order valence-electron chi connectivity index (χ4n) is 1.90. The minimum Gasteiger partial charge on any atom is -0.496 e. The summed E-state index contributed by atoms with van der Waals surface area (Å²) in [7, 11) is 1.53. The SMILES string of the molecule is COc1ccc(Cl)cc1C(=O)NCN1CCOCC1. The van der Waals surface area contributed by atoms with Gasteiger partial charge in [-0.15, -0.1) is 0 Å². The second kappa shape index (κ2) is 6.75. The first-order valence-electron chi connectivity index (χ1n) is 6.12. The molecule has 104 valence electrons. The minimum atomic E-state index is -0.189. The lowest BCUT2D eigenvalue weighted by Crippen LogP contribution is -2.43.